The van der Waals surface area contributed by atoms with Gasteiger partial charge in [0.05, 0.1) is 19.3 Å². The lowest BCUT2D eigenvalue weighted by Crippen LogP contribution is -2.05. The van der Waals surface area contributed by atoms with Gasteiger partial charge < -0.3 is 9.47 Å². The molecule has 4 heteroatoms. The second kappa shape index (κ2) is 6.53. The molecule has 0 atom stereocenters. The van der Waals surface area contributed by atoms with Crippen molar-refractivity contribution in [2.75, 3.05) is 19.0 Å². The van der Waals surface area contributed by atoms with Crippen molar-refractivity contribution in [1.29, 1.82) is 0 Å². The van der Waals surface area contributed by atoms with Crippen molar-refractivity contribution in [2.24, 2.45) is 0 Å². The molecule has 0 aliphatic heterocycles. The van der Waals surface area contributed by atoms with Gasteiger partial charge >= 0.3 is 0 Å². The number of rotatable bonds is 6. The van der Waals surface area contributed by atoms with Crippen molar-refractivity contribution in [3.63, 3.8) is 0 Å². The molecule has 0 radical (unpaired) electrons. The van der Waals surface area contributed by atoms with Gasteiger partial charge in [0.25, 0.3) is 0 Å². The van der Waals surface area contributed by atoms with Crippen molar-refractivity contribution in [3.8, 4) is 11.5 Å². The highest BCUT2D eigenvalue weighted by Gasteiger charge is 2.15. The van der Waals surface area contributed by atoms with Crippen molar-refractivity contribution in [3.05, 3.63) is 23.8 Å². The molecule has 0 spiro atoms. The number of para-hydroxylation sites is 1. The molecule has 88 valence electrons. The first-order valence-electron chi connectivity index (χ1n) is 5.13. The van der Waals surface area contributed by atoms with E-state index >= 15 is 0 Å². The maximum atomic E-state index is 11.8. The van der Waals surface area contributed by atoms with Crippen molar-refractivity contribution in [2.45, 2.75) is 13.3 Å². The molecule has 0 aliphatic rings. The standard InChI is InChI=1S/C12H15BrO3/c1-3-16-12-9(10(14)7-8-13)5-4-6-11(12)15-2/h4-6H,3,7-8H2,1-2H3. The summed E-state index contributed by atoms with van der Waals surface area (Å²) in [6, 6.07) is 5.34. The van der Waals surface area contributed by atoms with Gasteiger partial charge in [-0.3, -0.25) is 4.79 Å². The minimum atomic E-state index is 0.0548. The van der Waals surface area contributed by atoms with Crippen molar-refractivity contribution in [1.82, 2.24) is 0 Å². The van der Waals surface area contributed by atoms with Gasteiger partial charge in [0.15, 0.2) is 17.3 Å². The van der Waals surface area contributed by atoms with Gasteiger partial charge in [-0.15, -0.1) is 0 Å². The number of alkyl halides is 1. The second-order valence-electron chi connectivity index (χ2n) is 3.13. The highest BCUT2D eigenvalue weighted by atomic mass is 79.9. The zero-order valence-electron chi connectivity index (χ0n) is 9.46. The Morgan fingerprint density at radius 1 is 1.44 bits per heavy atom. The topological polar surface area (TPSA) is 35.5 Å². The number of Topliss-reactive ketones (excluding diaryl/α,β-unsaturated/α-hetero) is 1. The van der Waals surface area contributed by atoms with Crippen LogP contribution in [0.1, 0.15) is 23.7 Å². The summed E-state index contributed by atoms with van der Waals surface area (Å²) < 4.78 is 10.6. The van der Waals surface area contributed by atoms with E-state index < -0.39 is 0 Å². The SMILES string of the molecule is CCOc1c(OC)cccc1C(=O)CCBr. The first-order chi connectivity index (χ1) is 7.74. The fourth-order valence-corrected chi connectivity index (χ4v) is 1.77. The van der Waals surface area contributed by atoms with Crippen LogP contribution < -0.4 is 9.47 Å². The smallest absolute Gasteiger partial charge is 0.171 e. The first-order valence-corrected chi connectivity index (χ1v) is 6.25. The molecule has 0 aromatic heterocycles. The fourth-order valence-electron chi connectivity index (χ4n) is 1.41. The van der Waals surface area contributed by atoms with Gasteiger partial charge in [-0.2, -0.15) is 0 Å². The maximum Gasteiger partial charge on any atom is 0.171 e. The molecule has 0 saturated heterocycles. The molecule has 3 nitrogen and oxygen atoms in total. The number of carbonyl (C=O) groups excluding carboxylic acids is 1. The monoisotopic (exact) mass is 286 g/mol. The molecule has 0 aliphatic carbocycles. The third-order valence-electron chi connectivity index (χ3n) is 2.11. The molecule has 1 aromatic carbocycles. The number of hydrogen-bond donors (Lipinski definition) is 0. The third kappa shape index (κ3) is 2.98. The highest BCUT2D eigenvalue weighted by molar-refractivity contribution is 9.09. The van der Waals surface area contributed by atoms with E-state index in [4.69, 9.17) is 9.47 Å². The molecule has 0 bridgehead atoms. The summed E-state index contributed by atoms with van der Waals surface area (Å²) in [4.78, 5) is 11.8. The van der Waals surface area contributed by atoms with E-state index in [-0.39, 0.29) is 5.78 Å². The lowest BCUT2D eigenvalue weighted by molar-refractivity contribution is 0.0985. The van der Waals surface area contributed by atoms with E-state index in [1.54, 1.807) is 25.3 Å². The normalized spacial score (nSPS) is 9.94. The molecule has 0 fully saturated rings. The summed E-state index contributed by atoms with van der Waals surface area (Å²) >= 11 is 3.25. The number of benzene rings is 1. The van der Waals surface area contributed by atoms with Crippen LogP contribution in [0.5, 0.6) is 11.5 Å². The van der Waals surface area contributed by atoms with E-state index in [1.165, 1.54) is 0 Å². The van der Waals surface area contributed by atoms with Crippen LogP contribution in [-0.4, -0.2) is 24.8 Å². The predicted molar refractivity (Wildman–Crippen MR) is 66.9 cm³/mol. The van der Waals surface area contributed by atoms with Crippen molar-refractivity contribution < 1.29 is 14.3 Å². The van der Waals surface area contributed by atoms with Gasteiger partial charge in [0.2, 0.25) is 0 Å². The molecule has 0 heterocycles. The van der Waals surface area contributed by atoms with Crippen LogP contribution >= 0.6 is 15.9 Å². The zero-order chi connectivity index (χ0) is 12.0. The molecule has 0 amide bonds. The lowest BCUT2D eigenvalue weighted by Gasteiger charge is -2.12. The first kappa shape index (κ1) is 13.0. The number of halogens is 1. The van der Waals surface area contributed by atoms with Gasteiger partial charge in [0, 0.05) is 11.8 Å². The van der Waals surface area contributed by atoms with E-state index in [0.717, 1.165) is 0 Å². The molecular weight excluding hydrogens is 272 g/mol. The Bertz CT molecular complexity index is 363. The van der Waals surface area contributed by atoms with E-state index in [9.17, 15) is 4.79 Å². The summed E-state index contributed by atoms with van der Waals surface area (Å²) in [6.07, 6.45) is 0.452. The van der Waals surface area contributed by atoms with Crippen LogP contribution in [0.3, 0.4) is 0 Å². The number of hydrogen-bond acceptors (Lipinski definition) is 3. The second-order valence-corrected chi connectivity index (χ2v) is 3.93. The van der Waals surface area contributed by atoms with Crippen molar-refractivity contribution >= 4 is 21.7 Å². The molecule has 0 saturated carbocycles. The molecule has 0 unspecified atom stereocenters. The summed E-state index contributed by atoms with van der Waals surface area (Å²) in [5, 5.41) is 0.647. The van der Waals surface area contributed by atoms with Gasteiger partial charge in [-0.05, 0) is 19.1 Å². The average Bonchev–Trinajstić information content (AvgIpc) is 2.30. The Kier molecular flexibility index (Phi) is 5.32. The van der Waals surface area contributed by atoms with Crippen LogP contribution in [0.2, 0.25) is 0 Å². The fraction of sp³-hybridized carbons (Fsp3) is 0.417. The van der Waals surface area contributed by atoms with Crippen LogP contribution in [-0.2, 0) is 0 Å². The van der Waals surface area contributed by atoms with Crippen LogP contribution in [0.15, 0.2) is 18.2 Å². The lowest BCUT2D eigenvalue weighted by atomic mass is 10.1. The maximum absolute atomic E-state index is 11.8. The number of carbonyl (C=O) groups is 1. The Labute approximate surface area is 104 Å². The average molecular weight is 287 g/mol. The van der Waals surface area contributed by atoms with Gasteiger partial charge in [-0.25, -0.2) is 0 Å². The molecule has 1 rings (SSSR count). The largest absolute Gasteiger partial charge is 0.493 e. The Morgan fingerprint density at radius 2 is 2.19 bits per heavy atom. The Morgan fingerprint density at radius 3 is 2.75 bits per heavy atom. The summed E-state index contributed by atoms with van der Waals surface area (Å²) in [5.74, 6) is 1.19. The third-order valence-corrected chi connectivity index (χ3v) is 2.51. The predicted octanol–water partition coefficient (Wildman–Crippen LogP) is 3.06. The number of ether oxygens (including phenoxy) is 2. The van der Waals surface area contributed by atoms with Gasteiger partial charge in [0.1, 0.15) is 0 Å². The van der Waals surface area contributed by atoms with E-state index in [0.29, 0.717) is 35.4 Å². The summed E-state index contributed by atoms with van der Waals surface area (Å²) in [6.45, 7) is 2.39. The van der Waals surface area contributed by atoms with Gasteiger partial charge in [-0.1, -0.05) is 22.0 Å². The number of ketones is 1. The minimum absolute atomic E-state index is 0.0548. The quantitative estimate of drug-likeness (QED) is 0.596. The molecular formula is C12H15BrO3. The highest BCUT2D eigenvalue weighted by Crippen LogP contribution is 2.31. The Balaban J connectivity index is 3.10. The van der Waals surface area contributed by atoms with Crippen LogP contribution in [0.4, 0.5) is 0 Å². The minimum Gasteiger partial charge on any atom is -0.493 e. The van der Waals surface area contributed by atoms with E-state index in [2.05, 4.69) is 15.9 Å². The molecule has 0 N–H and O–H groups in total. The summed E-state index contributed by atoms with van der Waals surface area (Å²) in [5.41, 5.74) is 0.584. The van der Waals surface area contributed by atoms with E-state index in [1.807, 2.05) is 6.92 Å². The molecule has 16 heavy (non-hydrogen) atoms. The molecule has 1 aromatic rings. The van der Waals surface area contributed by atoms with Crippen LogP contribution in [0, 0.1) is 0 Å². The summed E-state index contributed by atoms with van der Waals surface area (Å²) in [7, 11) is 1.57. The Hall–Kier alpha value is -1.03. The number of methoxy groups -OCH3 is 1. The zero-order valence-corrected chi connectivity index (χ0v) is 11.0. The van der Waals surface area contributed by atoms with Crippen LogP contribution in [0.25, 0.3) is 0 Å².